The van der Waals surface area contributed by atoms with Gasteiger partial charge in [0.05, 0.1) is 11.4 Å². The summed E-state index contributed by atoms with van der Waals surface area (Å²) < 4.78 is 5.08. The van der Waals surface area contributed by atoms with Crippen LogP contribution < -0.4 is 4.65 Å². The predicted molar refractivity (Wildman–Crippen MR) is 107 cm³/mol. The van der Waals surface area contributed by atoms with E-state index in [1.807, 2.05) is 84.9 Å². The van der Waals surface area contributed by atoms with Crippen molar-refractivity contribution >= 4 is 7.69 Å². The van der Waals surface area contributed by atoms with Crippen LogP contribution >= 0.6 is 0 Å². The molecule has 0 saturated carbocycles. The third-order valence-corrected chi connectivity index (χ3v) is 4.15. The fourth-order valence-electron chi connectivity index (χ4n) is 2.86. The van der Waals surface area contributed by atoms with E-state index in [-0.39, 0.29) is 0 Å². The Labute approximate surface area is 158 Å². The highest BCUT2D eigenvalue weighted by molar-refractivity contribution is 6.17. The molecule has 4 rings (SSSR count). The summed E-state index contributed by atoms with van der Waals surface area (Å²) in [5.41, 5.74) is 4.48. The van der Waals surface area contributed by atoms with Gasteiger partial charge in [0.2, 0.25) is 0 Å². The first kappa shape index (κ1) is 17.0. The quantitative estimate of drug-likeness (QED) is 0.542. The number of hydrogen-bond donors (Lipinski definition) is 1. The third kappa shape index (κ3) is 3.88. The second-order valence-electron chi connectivity index (χ2n) is 5.95. The lowest BCUT2D eigenvalue weighted by Crippen LogP contribution is -2.00. The van der Waals surface area contributed by atoms with E-state index in [1.54, 1.807) is 6.07 Å². The smallest absolute Gasteiger partial charge is 0.537 e. The van der Waals surface area contributed by atoms with Crippen molar-refractivity contribution < 1.29 is 9.68 Å². The molecule has 27 heavy (non-hydrogen) atoms. The summed E-state index contributed by atoms with van der Waals surface area (Å²) >= 11 is 0. The van der Waals surface area contributed by atoms with Gasteiger partial charge in [0.15, 0.2) is 5.82 Å². The molecule has 0 aliphatic carbocycles. The summed E-state index contributed by atoms with van der Waals surface area (Å²) in [5.74, 6) is 1.20. The van der Waals surface area contributed by atoms with Gasteiger partial charge in [-0.25, -0.2) is 9.97 Å². The van der Waals surface area contributed by atoms with Crippen LogP contribution in [0.4, 0.5) is 0 Å². The average molecular weight is 351 g/mol. The van der Waals surface area contributed by atoms with Crippen molar-refractivity contribution in [1.29, 1.82) is 0 Å². The molecule has 0 aliphatic rings. The molecule has 1 aromatic heterocycles. The molecule has 0 saturated heterocycles. The van der Waals surface area contributed by atoms with E-state index < -0.39 is 0 Å². The molecule has 129 valence electrons. The predicted octanol–water partition coefficient (Wildman–Crippen LogP) is 4.38. The molecule has 0 atom stereocenters. The molecule has 0 aliphatic heterocycles. The molecule has 0 fully saturated rings. The highest BCUT2D eigenvalue weighted by Gasteiger charge is 2.11. The van der Waals surface area contributed by atoms with Crippen molar-refractivity contribution in [2.24, 2.45) is 0 Å². The fraction of sp³-hybridized carbons (Fsp3) is 0. The first-order chi connectivity index (χ1) is 13.3. The van der Waals surface area contributed by atoms with E-state index >= 15 is 0 Å². The van der Waals surface area contributed by atoms with Gasteiger partial charge >= 0.3 is 7.69 Å². The van der Waals surface area contributed by atoms with Gasteiger partial charge < -0.3 is 9.68 Å². The van der Waals surface area contributed by atoms with Crippen LogP contribution in [0, 0.1) is 0 Å². The Hall–Kier alpha value is -3.44. The van der Waals surface area contributed by atoms with Crippen LogP contribution in [0.3, 0.4) is 0 Å². The Morgan fingerprint density at radius 3 is 1.89 bits per heavy atom. The van der Waals surface area contributed by atoms with Crippen LogP contribution in [0.15, 0.2) is 91.0 Å². The van der Waals surface area contributed by atoms with Crippen molar-refractivity contribution in [3.8, 4) is 39.7 Å². The molecule has 0 bridgehead atoms. The number of nitrogens with zero attached hydrogens (tertiary/aromatic N) is 2. The monoisotopic (exact) mass is 351 g/mol. The molecule has 4 aromatic rings. The number of rotatable bonds is 5. The minimum atomic E-state index is 0.538. The van der Waals surface area contributed by atoms with E-state index in [9.17, 15) is 0 Å². The van der Waals surface area contributed by atoms with Gasteiger partial charge in [0.25, 0.3) is 0 Å². The fourth-order valence-corrected chi connectivity index (χ4v) is 2.86. The van der Waals surface area contributed by atoms with Gasteiger partial charge in [-0.15, -0.1) is 0 Å². The van der Waals surface area contributed by atoms with Crippen LogP contribution in [-0.4, -0.2) is 22.7 Å². The summed E-state index contributed by atoms with van der Waals surface area (Å²) in [6.45, 7) is 0. The minimum Gasteiger partial charge on any atom is -0.537 e. The van der Waals surface area contributed by atoms with Crippen LogP contribution in [0.1, 0.15) is 0 Å². The van der Waals surface area contributed by atoms with Gasteiger partial charge in [0.1, 0.15) is 5.75 Å². The normalized spacial score (nSPS) is 10.4. The van der Waals surface area contributed by atoms with Crippen molar-refractivity contribution in [1.82, 2.24) is 9.97 Å². The molecule has 1 N–H and O–H groups in total. The topological polar surface area (TPSA) is 55.2 Å². The Bertz CT molecular complexity index is 983. The molecule has 3 aromatic carbocycles. The summed E-state index contributed by atoms with van der Waals surface area (Å²) in [6.07, 6.45) is 0. The van der Waals surface area contributed by atoms with E-state index in [4.69, 9.17) is 19.6 Å². The van der Waals surface area contributed by atoms with Crippen molar-refractivity contribution in [2.75, 3.05) is 0 Å². The lowest BCUT2D eigenvalue weighted by molar-refractivity contribution is 0.454. The largest absolute Gasteiger partial charge is 0.569 e. The summed E-state index contributed by atoms with van der Waals surface area (Å²) in [4.78, 5) is 9.53. The Morgan fingerprint density at radius 2 is 1.22 bits per heavy atom. The summed E-state index contributed by atoms with van der Waals surface area (Å²) in [5, 5.41) is 8.89. The van der Waals surface area contributed by atoms with E-state index in [0.29, 0.717) is 19.3 Å². The summed E-state index contributed by atoms with van der Waals surface area (Å²) in [7, 11) is 0.671. The molecular weight excluding hydrogens is 335 g/mol. The second-order valence-corrected chi connectivity index (χ2v) is 5.95. The molecule has 0 unspecified atom stereocenters. The Balaban J connectivity index is 1.87. The van der Waals surface area contributed by atoms with E-state index in [0.717, 1.165) is 28.1 Å². The standard InChI is InChI=1S/C22H16BN2O2/c26-23-27-19-13-7-12-18(14-19)21-15-20(16-8-3-1-4-9-16)24-22(25-21)17-10-5-2-6-11-17/h1-15,26H. The number of aromatic nitrogens is 2. The maximum atomic E-state index is 8.89. The maximum absolute atomic E-state index is 8.89. The van der Waals surface area contributed by atoms with Gasteiger partial charge in [0, 0.05) is 16.7 Å². The average Bonchev–Trinajstić information content (AvgIpc) is 2.75. The zero-order valence-electron chi connectivity index (χ0n) is 14.5. The molecular formula is C22H16BN2O2. The number of benzene rings is 3. The highest BCUT2D eigenvalue weighted by Crippen LogP contribution is 2.28. The summed E-state index contributed by atoms with van der Waals surface area (Å²) in [6, 6.07) is 29.3. The van der Waals surface area contributed by atoms with Crippen molar-refractivity contribution in [3.63, 3.8) is 0 Å². The lowest BCUT2D eigenvalue weighted by Gasteiger charge is -2.10. The zero-order chi connectivity index (χ0) is 18.5. The first-order valence-electron chi connectivity index (χ1n) is 8.56. The zero-order valence-corrected chi connectivity index (χ0v) is 14.5. The van der Waals surface area contributed by atoms with Crippen molar-refractivity contribution in [3.05, 3.63) is 91.0 Å². The van der Waals surface area contributed by atoms with Crippen LogP contribution in [0.25, 0.3) is 33.9 Å². The maximum Gasteiger partial charge on any atom is 0.569 e. The van der Waals surface area contributed by atoms with E-state index in [2.05, 4.69) is 0 Å². The molecule has 0 spiro atoms. The van der Waals surface area contributed by atoms with Gasteiger partial charge in [-0.2, -0.15) is 0 Å². The third-order valence-electron chi connectivity index (χ3n) is 4.15. The molecule has 4 nitrogen and oxygen atoms in total. The van der Waals surface area contributed by atoms with E-state index in [1.165, 1.54) is 0 Å². The second kappa shape index (κ2) is 7.85. The SMILES string of the molecule is O[B]Oc1cccc(-c2cc(-c3ccccc3)nc(-c3ccccc3)n2)c1. The Morgan fingerprint density at radius 1 is 0.630 bits per heavy atom. The number of hydrogen-bond acceptors (Lipinski definition) is 4. The van der Waals surface area contributed by atoms with Crippen LogP contribution in [0.5, 0.6) is 5.75 Å². The molecule has 1 heterocycles. The Kier molecular flexibility index (Phi) is 4.94. The molecule has 1 radical (unpaired) electrons. The van der Waals surface area contributed by atoms with Crippen LogP contribution in [0.2, 0.25) is 0 Å². The first-order valence-corrected chi connectivity index (χ1v) is 8.56. The molecule has 5 heteroatoms. The van der Waals surface area contributed by atoms with Gasteiger partial charge in [-0.3, -0.25) is 0 Å². The molecule has 0 amide bonds. The van der Waals surface area contributed by atoms with Gasteiger partial charge in [-0.1, -0.05) is 72.8 Å². The van der Waals surface area contributed by atoms with Gasteiger partial charge in [-0.05, 0) is 18.2 Å². The minimum absolute atomic E-state index is 0.538. The highest BCUT2D eigenvalue weighted by atomic mass is 16.5. The lowest BCUT2D eigenvalue weighted by atomic mass is 10.1. The van der Waals surface area contributed by atoms with Crippen molar-refractivity contribution in [2.45, 2.75) is 0 Å². The van der Waals surface area contributed by atoms with Crippen LogP contribution in [-0.2, 0) is 0 Å².